The van der Waals surface area contributed by atoms with Crippen LogP contribution in [0, 0.1) is 0 Å². The Balaban J connectivity index is 2.34. The molecule has 0 aliphatic carbocycles. The van der Waals surface area contributed by atoms with Crippen LogP contribution in [-0.4, -0.2) is 17.1 Å². The normalized spacial score (nSPS) is 14.1. The number of nitrogens with two attached hydrogens (primary N) is 1. The summed E-state index contributed by atoms with van der Waals surface area (Å²) in [5, 5.41) is 16.7. The average molecular weight is 292 g/mol. The van der Waals surface area contributed by atoms with Crippen molar-refractivity contribution in [2.45, 2.75) is 25.9 Å². The number of halogens is 1. The summed E-state index contributed by atoms with van der Waals surface area (Å²) in [7, 11) is 0. The van der Waals surface area contributed by atoms with Crippen LogP contribution in [-0.2, 0) is 6.54 Å². The van der Waals surface area contributed by atoms with Crippen molar-refractivity contribution in [3.8, 4) is 0 Å². The fraction of sp³-hybridized carbons (Fsp3) is 0.444. The molecule has 0 radical (unpaired) electrons. The predicted molar refractivity (Wildman–Crippen MR) is 66.3 cm³/mol. The van der Waals surface area contributed by atoms with E-state index in [2.05, 4.69) is 26.4 Å². The van der Waals surface area contributed by atoms with Crippen LogP contribution in [0.15, 0.2) is 21.1 Å². The van der Waals surface area contributed by atoms with E-state index in [-0.39, 0.29) is 11.9 Å². The summed E-state index contributed by atoms with van der Waals surface area (Å²) in [4.78, 5) is 1.25. The quantitative estimate of drug-likeness (QED) is 0.337. The lowest BCUT2D eigenvalue weighted by Gasteiger charge is -2.11. The first-order valence-corrected chi connectivity index (χ1v) is 6.22. The molecule has 1 aromatic heterocycles. The van der Waals surface area contributed by atoms with Gasteiger partial charge in [-0.2, -0.15) is 0 Å². The Bertz CT molecular complexity index is 340. The van der Waals surface area contributed by atoms with Gasteiger partial charge in [-0.15, -0.1) is 11.3 Å². The molecule has 0 aromatic carbocycles. The number of amidine groups is 1. The van der Waals surface area contributed by atoms with E-state index in [1.807, 2.05) is 18.4 Å². The first-order valence-electron chi connectivity index (χ1n) is 4.55. The Hall–Kier alpha value is -0.590. The molecular formula is C9H14BrN3OS. The maximum Gasteiger partial charge on any atom is 0.140 e. The van der Waals surface area contributed by atoms with E-state index in [1.54, 1.807) is 11.3 Å². The van der Waals surface area contributed by atoms with Crippen LogP contribution in [0.25, 0.3) is 0 Å². The number of nitrogens with one attached hydrogen (secondary N) is 1. The van der Waals surface area contributed by atoms with Crippen molar-refractivity contribution >= 4 is 33.1 Å². The van der Waals surface area contributed by atoms with Crippen LogP contribution in [0.2, 0.25) is 0 Å². The molecule has 84 valence electrons. The summed E-state index contributed by atoms with van der Waals surface area (Å²) in [5.41, 5.74) is 5.41. The Morgan fingerprint density at radius 1 is 1.80 bits per heavy atom. The van der Waals surface area contributed by atoms with E-state index in [4.69, 9.17) is 10.9 Å². The number of nitrogens with zero attached hydrogens (tertiary/aromatic N) is 1. The second kappa shape index (κ2) is 6.09. The number of rotatable bonds is 5. The molecule has 1 heterocycles. The monoisotopic (exact) mass is 291 g/mol. The molecule has 0 saturated carbocycles. The molecule has 0 fully saturated rings. The second-order valence-electron chi connectivity index (χ2n) is 3.27. The van der Waals surface area contributed by atoms with E-state index in [0.29, 0.717) is 6.42 Å². The highest BCUT2D eigenvalue weighted by Gasteiger charge is 2.06. The van der Waals surface area contributed by atoms with Crippen molar-refractivity contribution in [1.82, 2.24) is 5.32 Å². The standard InChI is InChI=1S/C9H14BrN3OS/c1-6(4-9(11)13-14)12-5-8-7(10)2-3-15-8/h2-3,6,12,14H,4-5H2,1H3,(H2,11,13). The molecule has 1 unspecified atom stereocenters. The van der Waals surface area contributed by atoms with E-state index in [0.717, 1.165) is 11.0 Å². The molecule has 1 atom stereocenters. The van der Waals surface area contributed by atoms with Gasteiger partial charge in [-0.1, -0.05) is 5.16 Å². The third-order valence-electron chi connectivity index (χ3n) is 1.95. The third-order valence-corrected chi connectivity index (χ3v) is 3.87. The minimum absolute atomic E-state index is 0.190. The van der Waals surface area contributed by atoms with Crippen molar-refractivity contribution in [3.05, 3.63) is 20.8 Å². The van der Waals surface area contributed by atoms with E-state index in [1.165, 1.54) is 4.88 Å². The van der Waals surface area contributed by atoms with Gasteiger partial charge >= 0.3 is 0 Å². The SMILES string of the molecule is CC(CC(N)=NO)NCc1sccc1Br. The average Bonchev–Trinajstić information content (AvgIpc) is 2.61. The zero-order valence-electron chi connectivity index (χ0n) is 8.40. The van der Waals surface area contributed by atoms with Crippen LogP contribution >= 0.6 is 27.3 Å². The highest BCUT2D eigenvalue weighted by molar-refractivity contribution is 9.10. The third kappa shape index (κ3) is 4.19. The molecule has 1 aromatic rings. The van der Waals surface area contributed by atoms with Gasteiger partial charge in [-0.25, -0.2) is 0 Å². The lowest BCUT2D eigenvalue weighted by molar-refractivity contribution is 0.316. The molecule has 0 bridgehead atoms. The van der Waals surface area contributed by atoms with Crippen molar-refractivity contribution in [2.24, 2.45) is 10.9 Å². The van der Waals surface area contributed by atoms with Crippen LogP contribution in [0.4, 0.5) is 0 Å². The summed E-state index contributed by atoms with van der Waals surface area (Å²) < 4.78 is 1.12. The van der Waals surface area contributed by atoms with Crippen LogP contribution in [0.1, 0.15) is 18.2 Å². The summed E-state index contributed by atoms with van der Waals surface area (Å²) in [6.45, 7) is 2.79. The molecule has 0 aliphatic rings. The minimum Gasteiger partial charge on any atom is -0.409 e. The molecule has 0 aliphatic heterocycles. The predicted octanol–water partition coefficient (Wildman–Crippen LogP) is 2.13. The molecular weight excluding hydrogens is 278 g/mol. The fourth-order valence-electron chi connectivity index (χ4n) is 1.14. The number of thiophene rings is 1. The van der Waals surface area contributed by atoms with Gasteiger partial charge in [0.25, 0.3) is 0 Å². The van der Waals surface area contributed by atoms with Gasteiger partial charge in [-0.05, 0) is 34.3 Å². The molecule has 4 nitrogen and oxygen atoms in total. The van der Waals surface area contributed by atoms with Gasteiger partial charge in [-0.3, -0.25) is 0 Å². The van der Waals surface area contributed by atoms with Crippen molar-refractivity contribution < 1.29 is 5.21 Å². The van der Waals surface area contributed by atoms with Gasteiger partial charge in [0.1, 0.15) is 5.84 Å². The molecule has 4 N–H and O–H groups in total. The Labute approximate surface area is 101 Å². The van der Waals surface area contributed by atoms with Crippen LogP contribution < -0.4 is 11.1 Å². The number of oxime groups is 1. The second-order valence-corrected chi connectivity index (χ2v) is 5.12. The maximum absolute atomic E-state index is 8.41. The Morgan fingerprint density at radius 3 is 3.07 bits per heavy atom. The number of hydrogen-bond acceptors (Lipinski definition) is 4. The molecule has 0 amide bonds. The minimum atomic E-state index is 0.190. The van der Waals surface area contributed by atoms with Gasteiger partial charge in [0.2, 0.25) is 0 Å². The topological polar surface area (TPSA) is 70.6 Å². The zero-order valence-corrected chi connectivity index (χ0v) is 10.8. The highest BCUT2D eigenvalue weighted by Crippen LogP contribution is 2.22. The Kier molecular flexibility index (Phi) is 5.07. The number of hydrogen-bond donors (Lipinski definition) is 3. The Morgan fingerprint density at radius 2 is 2.53 bits per heavy atom. The lowest BCUT2D eigenvalue weighted by atomic mass is 10.2. The zero-order chi connectivity index (χ0) is 11.3. The van der Waals surface area contributed by atoms with E-state index in [9.17, 15) is 0 Å². The lowest BCUT2D eigenvalue weighted by Crippen LogP contribution is -2.30. The van der Waals surface area contributed by atoms with Crippen LogP contribution in [0.5, 0.6) is 0 Å². The largest absolute Gasteiger partial charge is 0.409 e. The van der Waals surface area contributed by atoms with Gasteiger partial charge in [0, 0.05) is 28.4 Å². The van der Waals surface area contributed by atoms with Crippen molar-refractivity contribution in [3.63, 3.8) is 0 Å². The molecule has 1 rings (SSSR count). The van der Waals surface area contributed by atoms with E-state index >= 15 is 0 Å². The fourth-order valence-corrected chi connectivity index (χ4v) is 2.59. The maximum atomic E-state index is 8.41. The summed E-state index contributed by atoms with van der Waals surface area (Å²) in [5.74, 6) is 0.250. The van der Waals surface area contributed by atoms with Gasteiger partial charge in [0.15, 0.2) is 0 Å². The van der Waals surface area contributed by atoms with Crippen LogP contribution in [0.3, 0.4) is 0 Å². The first kappa shape index (κ1) is 12.5. The summed E-state index contributed by atoms with van der Waals surface area (Å²) in [6.07, 6.45) is 0.541. The van der Waals surface area contributed by atoms with Crippen molar-refractivity contribution in [1.29, 1.82) is 0 Å². The molecule has 6 heteroatoms. The smallest absolute Gasteiger partial charge is 0.140 e. The molecule has 15 heavy (non-hydrogen) atoms. The summed E-state index contributed by atoms with van der Waals surface area (Å²) >= 11 is 5.16. The molecule has 0 saturated heterocycles. The van der Waals surface area contributed by atoms with Gasteiger partial charge in [0.05, 0.1) is 0 Å². The molecule has 0 spiro atoms. The highest BCUT2D eigenvalue weighted by atomic mass is 79.9. The van der Waals surface area contributed by atoms with E-state index < -0.39 is 0 Å². The van der Waals surface area contributed by atoms with Gasteiger partial charge < -0.3 is 16.3 Å². The first-order chi connectivity index (χ1) is 7.13. The summed E-state index contributed by atoms with van der Waals surface area (Å²) in [6, 6.07) is 2.21. The van der Waals surface area contributed by atoms with Crippen molar-refractivity contribution in [2.75, 3.05) is 0 Å².